The quantitative estimate of drug-likeness (QED) is 0.619. The molecule has 0 radical (unpaired) electrons. The highest BCUT2D eigenvalue weighted by Crippen LogP contribution is 2.47. The maximum absolute atomic E-state index is 13.0. The summed E-state index contributed by atoms with van der Waals surface area (Å²) in [5, 5.41) is 4.38. The molecule has 3 heterocycles. The Morgan fingerprint density at radius 2 is 1.97 bits per heavy atom. The first-order valence-corrected chi connectivity index (χ1v) is 10.8. The number of carbonyl (C=O) groups excluding carboxylic acids is 1. The van der Waals surface area contributed by atoms with Crippen LogP contribution in [0.1, 0.15) is 46.1 Å². The number of hydrogen-bond donors (Lipinski definition) is 0. The summed E-state index contributed by atoms with van der Waals surface area (Å²) in [6.45, 7) is 3.79. The molecule has 5 rings (SSSR count). The van der Waals surface area contributed by atoms with E-state index in [1.54, 1.807) is 10.7 Å². The number of halogens is 1. The second kappa shape index (κ2) is 7.41. The molecule has 2 fully saturated rings. The zero-order chi connectivity index (χ0) is 20.0. The maximum Gasteiger partial charge on any atom is 0.293 e. The second-order valence-corrected chi connectivity index (χ2v) is 8.71. The smallest absolute Gasteiger partial charge is 0.293 e. The van der Waals surface area contributed by atoms with Gasteiger partial charge in [0.15, 0.2) is 0 Å². The number of nitrogens with zero attached hydrogens (tertiary/aromatic N) is 5. The SMILES string of the molecule is Cc1ccccc1C1C[C@@H]2CN(C(=O)c3nc4ncc(CCCl)cn4n3)C[C@@H]2C1. The number of aryl methyl sites for hydroxylation is 2. The molecule has 0 bridgehead atoms. The Labute approximate surface area is 174 Å². The molecule has 6 nitrogen and oxygen atoms in total. The van der Waals surface area contributed by atoms with Gasteiger partial charge in [-0.15, -0.1) is 16.7 Å². The standard InChI is InChI=1S/C22H24ClN5O/c1-14-4-2-3-5-19(14)16-8-17-12-27(13-18(17)9-16)21(29)20-25-22-24-10-15(6-7-23)11-28(22)26-20/h2-5,10-11,16-18H,6-9,12-13H2,1H3/t16?,17-,18+. The van der Waals surface area contributed by atoms with Gasteiger partial charge in [0.05, 0.1) is 0 Å². The zero-order valence-corrected chi connectivity index (χ0v) is 17.2. The lowest BCUT2D eigenvalue weighted by molar-refractivity contribution is 0.0768. The van der Waals surface area contributed by atoms with E-state index in [1.165, 1.54) is 11.1 Å². The van der Waals surface area contributed by atoms with Gasteiger partial charge in [-0.2, -0.15) is 4.98 Å². The minimum absolute atomic E-state index is 0.0868. The van der Waals surface area contributed by atoms with Crippen LogP contribution in [0, 0.1) is 18.8 Å². The van der Waals surface area contributed by atoms with Gasteiger partial charge in [-0.25, -0.2) is 9.50 Å². The highest BCUT2D eigenvalue weighted by molar-refractivity contribution is 6.17. The van der Waals surface area contributed by atoms with Crippen LogP contribution in [-0.4, -0.2) is 49.4 Å². The van der Waals surface area contributed by atoms with Gasteiger partial charge in [-0.1, -0.05) is 24.3 Å². The van der Waals surface area contributed by atoms with Crippen LogP contribution in [0.3, 0.4) is 0 Å². The third kappa shape index (κ3) is 3.39. The topological polar surface area (TPSA) is 63.4 Å². The monoisotopic (exact) mass is 409 g/mol. The number of likely N-dealkylation sites (tertiary alicyclic amines) is 1. The number of amides is 1. The average molecular weight is 410 g/mol. The zero-order valence-electron chi connectivity index (χ0n) is 16.5. The molecule has 2 aromatic heterocycles. The number of hydrogen-bond acceptors (Lipinski definition) is 4. The molecule has 29 heavy (non-hydrogen) atoms. The minimum atomic E-state index is -0.0868. The van der Waals surface area contributed by atoms with Crippen molar-refractivity contribution in [3.05, 3.63) is 59.2 Å². The fourth-order valence-electron chi connectivity index (χ4n) is 5.06. The summed E-state index contributed by atoms with van der Waals surface area (Å²) < 4.78 is 1.58. The fraction of sp³-hybridized carbons (Fsp3) is 0.455. The van der Waals surface area contributed by atoms with Gasteiger partial charge in [0, 0.05) is 31.4 Å². The van der Waals surface area contributed by atoms with Crippen molar-refractivity contribution in [2.24, 2.45) is 11.8 Å². The van der Waals surface area contributed by atoms with E-state index in [9.17, 15) is 4.79 Å². The molecule has 1 amide bonds. The first kappa shape index (κ1) is 18.6. The Bertz CT molecular complexity index is 1050. The van der Waals surface area contributed by atoms with E-state index in [2.05, 4.69) is 46.3 Å². The van der Waals surface area contributed by atoms with Gasteiger partial charge >= 0.3 is 0 Å². The largest absolute Gasteiger partial charge is 0.335 e. The van der Waals surface area contributed by atoms with E-state index < -0.39 is 0 Å². The lowest BCUT2D eigenvalue weighted by Crippen LogP contribution is -2.30. The Morgan fingerprint density at radius 3 is 2.69 bits per heavy atom. The maximum atomic E-state index is 13.0. The molecule has 0 N–H and O–H groups in total. The summed E-state index contributed by atoms with van der Waals surface area (Å²) in [7, 11) is 0. The van der Waals surface area contributed by atoms with Crippen molar-refractivity contribution in [3.63, 3.8) is 0 Å². The van der Waals surface area contributed by atoms with Crippen molar-refractivity contribution in [2.45, 2.75) is 32.1 Å². The van der Waals surface area contributed by atoms with Crippen LogP contribution in [0.4, 0.5) is 0 Å². The second-order valence-electron chi connectivity index (χ2n) is 8.34. The first-order chi connectivity index (χ1) is 14.1. The molecule has 1 saturated heterocycles. The van der Waals surface area contributed by atoms with E-state index in [0.717, 1.165) is 31.5 Å². The van der Waals surface area contributed by atoms with Crippen LogP contribution in [0.5, 0.6) is 0 Å². The summed E-state index contributed by atoms with van der Waals surface area (Å²) in [4.78, 5) is 23.6. The number of rotatable bonds is 4. The number of carbonyl (C=O) groups is 1. The number of fused-ring (bicyclic) bond motifs is 2. The number of alkyl halides is 1. The van der Waals surface area contributed by atoms with Gasteiger partial charge in [0.25, 0.3) is 11.7 Å². The highest BCUT2D eigenvalue weighted by atomic mass is 35.5. The predicted octanol–water partition coefficient (Wildman–Crippen LogP) is 3.48. The summed E-state index contributed by atoms with van der Waals surface area (Å²) in [6, 6.07) is 8.69. The van der Waals surface area contributed by atoms with Crippen LogP contribution in [0.2, 0.25) is 0 Å². The molecule has 1 aromatic carbocycles. The number of aromatic nitrogens is 4. The minimum Gasteiger partial charge on any atom is -0.335 e. The molecule has 1 unspecified atom stereocenters. The third-order valence-corrected chi connectivity index (χ3v) is 6.68. The molecule has 2 aliphatic rings. The third-order valence-electron chi connectivity index (χ3n) is 6.49. The molecule has 0 spiro atoms. The van der Waals surface area contributed by atoms with E-state index in [-0.39, 0.29) is 11.7 Å². The summed E-state index contributed by atoms with van der Waals surface area (Å²) >= 11 is 5.80. The molecule has 1 saturated carbocycles. The van der Waals surface area contributed by atoms with Crippen LogP contribution in [-0.2, 0) is 6.42 Å². The number of benzene rings is 1. The summed E-state index contributed by atoms with van der Waals surface area (Å²) in [6.07, 6.45) is 6.61. The van der Waals surface area contributed by atoms with Gasteiger partial charge in [0.1, 0.15) is 0 Å². The van der Waals surface area contributed by atoms with Gasteiger partial charge in [-0.3, -0.25) is 4.79 Å². The molecule has 3 atom stereocenters. The molecular formula is C22H24ClN5O. The Morgan fingerprint density at radius 1 is 1.21 bits per heavy atom. The van der Waals surface area contributed by atoms with Crippen molar-refractivity contribution in [3.8, 4) is 0 Å². The molecule has 3 aromatic rings. The van der Waals surface area contributed by atoms with Gasteiger partial charge < -0.3 is 4.90 Å². The summed E-state index contributed by atoms with van der Waals surface area (Å²) in [5.41, 5.74) is 3.83. The first-order valence-electron chi connectivity index (χ1n) is 10.2. The van der Waals surface area contributed by atoms with E-state index in [1.807, 2.05) is 11.1 Å². The van der Waals surface area contributed by atoms with E-state index in [0.29, 0.717) is 35.8 Å². The lowest BCUT2D eigenvalue weighted by Gasteiger charge is -2.19. The highest BCUT2D eigenvalue weighted by Gasteiger charge is 2.43. The molecule has 150 valence electrons. The van der Waals surface area contributed by atoms with Crippen LogP contribution in [0.25, 0.3) is 5.78 Å². The van der Waals surface area contributed by atoms with Crippen LogP contribution in [0.15, 0.2) is 36.7 Å². The lowest BCUT2D eigenvalue weighted by atomic mass is 9.92. The van der Waals surface area contributed by atoms with Crippen LogP contribution >= 0.6 is 11.6 Å². The van der Waals surface area contributed by atoms with Crippen molar-refractivity contribution in [1.82, 2.24) is 24.5 Å². The molecule has 7 heteroatoms. The van der Waals surface area contributed by atoms with E-state index in [4.69, 9.17) is 11.6 Å². The fourth-order valence-corrected chi connectivity index (χ4v) is 5.27. The molecular weight excluding hydrogens is 386 g/mol. The Kier molecular flexibility index (Phi) is 4.74. The summed E-state index contributed by atoms with van der Waals surface area (Å²) in [5.74, 6) is 2.86. The normalized spacial score (nSPS) is 23.7. The van der Waals surface area contributed by atoms with Crippen molar-refractivity contribution < 1.29 is 4.79 Å². The Balaban J connectivity index is 1.29. The predicted molar refractivity (Wildman–Crippen MR) is 111 cm³/mol. The Hall–Kier alpha value is -2.47. The molecule has 1 aliphatic heterocycles. The average Bonchev–Trinajstić information content (AvgIpc) is 3.40. The van der Waals surface area contributed by atoms with Crippen molar-refractivity contribution in [1.29, 1.82) is 0 Å². The van der Waals surface area contributed by atoms with Gasteiger partial charge in [0.2, 0.25) is 5.82 Å². The van der Waals surface area contributed by atoms with Crippen LogP contribution < -0.4 is 0 Å². The van der Waals surface area contributed by atoms with E-state index >= 15 is 0 Å². The van der Waals surface area contributed by atoms with Crippen molar-refractivity contribution >= 4 is 23.3 Å². The van der Waals surface area contributed by atoms with Crippen molar-refractivity contribution in [2.75, 3.05) is 19.0 Å². The molecule has 1 aliphatic carbocycles. The van der Waals surface area contributed by atoms with Gasteiger partial charge in [-0.05, 0) is 60.6 Å².